The van der Waals surface area contributed by atoms with E-state index in [4.69, 9.17) is 9.15 Å². The second-order valence-electron chi connectivity index (χ2n) is 4.32. The van der Waals surface area contributed by atoms with Gasteiger partial charge >= 0.3 is 6.01 Å². The summed E-state index contributed by atoms with van der Waals surface area (Å²) in [5, 5.41) is 16.5. The summed E-state index contributed by atoms with van der Waals surface area (Å²) in [6.07, 6.45) is 1.03. The highest BCUT2D eigenvalue weighted by molar-refractivity contribution is 5.79. The van der Waals surface area contributed by atoms with Crippen LogP contribution in [-0.2, 0) is 9.53 Å². The summed E-state index contributed by atoms with van der Waals surface area (Å²) in [4.78, 5) is 11.4. The number of nitrogens with zero attached hydrogens (tertiary/aromatic N) is 2. The summed E-state index contributed by atoms with van der Waals surface area (Å²) in [5.74, 6) is 0.347. The molecule has 8 nitrogen and oxygen atoms in total. The van der Waals surface area contributed by atoms with Gasteiger partial charge in [0.25, 0.3) is 0 Å². The fourth-order valence-corrected chi connectivity index (χ4v) is 1.44. The SMILES string of the molecule is CCCNC(C)c1nnc(NCC(=O)NCCOC)o1. The maximum absolute atomic E-state index is 11.4. The number of ether oxygens (including phenoxy) is 1. The van der Waals surface area contributed by atoms with Crippen LogP contribution in [0.25, 0.3) is 0 Å². The van der Waals surface area contributed by atoms with Gasteiger partial charge < -0.3 is 25.1 Å². The molecular weight excluding hydrogens is 262 g/mol. The molecule has 0 aliphatic rings. The number of anilines is 1. The lowest BCUT2D eigenvalue weighted by atomic mass is 10.3. The van der Waals surface area contributed by atoms with Crippen molar-refractivity contribution in [3.8, 4) is 0 Å². The van der Waals surface area contributed by atoms with Gasteiger partial charge in [-0.05, 0) is 19.9 Å². The quantitative estimate of drug-likeness (QED) is 0.532. The van der Waals surface area contributed by atoms with Crippen molar-refractivity contribution in [2.24, 2.45) is 0 Å². The smallest absolute Gasteiger partial charge is 0.315 e. The second kappa shape index (κ2) is 9.27. The summed E-state index contributed by atoms with van der Waals surface area (Å²) in [5.41, 5.74) is 0. The van der Waals surface area contributed by atoms with Gasteiger partial charge in [0, 0.05) is 13.7 Å². The van der Waals surface area contributed by atoms with Gasteiger partial charge in [-0.1, -0.05) is 12.0 Å². The zero-order valence-corrected chi connectivity index (χ0v) is 12.2. The number of amides is 1. The van der Waals surface area contributed by atoms with Crippen molar-refractivity contribution >= 4 is 11.9 Å². The molecule has 0 aliphatic carbocycles. The lowest BCUT2D eigenvalue weighted by Crippen LogP contribution is -2.32. The standard InChI is InChI=1S/C12H23N5O3/c1-4-5-13-9(2)11-16-17-12(20-11)15-8-10(18)14-6-7-19-3/h9,13H,4-8H2,1-3H3,(H,14,18)(H,15,17). The molecule has 8 heteroatoms. The normalized spacial score (nSPS) is 12.2. The lowest BCUT2D eigenvalue weighted by Gasteiger charge is -2.07. The van der Waals surface area contributed by atoms with E-state index in [-0.39, 0.29) is 24.5 Å². The molecule has 0 radical (unpaired) electrons. The largest absolute Gasteiger partial charge is 0.406 e. The van der Waals surface area contributed by atoms with E-state index in [1.165, 1.54) is 0 Å². The highest BCUT2D eigenvalue weighted by Gasteiger charge is 2.13. The van der Waals surface area contributed by atoms with E-state index in [9.17, 15) is 4.79 Å². The van der Waals surface area contributed by atoms with E-state index in [1.807, 2.05) is 6.92 Å². The number of hydrogen-bond acceptors (Lipinski definition) is 7. The Morgan fingerprint density at radius 2 is 2.20 bits per heavy atom. The first-order valence-corrected chi connectivity index (χ1v) is 6.73. The molecule has 20 heavy (non-hydrogen) atoms. The molecule has 1 atom stereocenters. The first-order valence-electron chi connectivity index (χ1n) is 6.73. The van der Waals surface area contributed by atoms with Crippen LogP contribution < -0.4 is 16.0 Å². The number of aromatic nitrogens is 2. The van der Waals surface area contributed by atoms with Crippen LogP contribution in [-0.4, -0.2) is 49.5 Å². The van der Waals surface area contributed by atoms with Gasteiger partial charge in [0.2, 0.25) is 11.8 Å². The predicted octanol–water partition coefficient (Wildman–Crippen LogP) is 0.305. The number of carbonyl (C=O) groups excluding carboxylic acids is 1. The third-order valence-electron chi connectivity index (χ3n) is 2.54. The van der Waals surface area contributed by atoms with E-state index in [1.54, 1.807) is 7.11 Å². The Labute approximate surface area is 118 Å². The van der Waals surface area contributed by atoms with Gasteiger partial charge in [0.15, 0.2) is 0 Å². The Morgan fingerprint density at radius 3 is 2.90 bits per heavy atom. The van der Waals surface area contributed by atoms with Crippen molar-refractivity contribution < 1.29 is 13.9 Å². The van der Waals surface area contributed by atoms with Crippen molar-refractivity contribution in [3.63, 3.8) is 0 Å². The van der Waals surface area contributed by atoms with E-state index >= 15 is 0 Å². The summed E-state index contributed by atoms with van der Waals surface area (Å²) < 4.78 is 10.3. The number of rotatable bonds is 10. The molecular formula is C12H23N5O3. The Hall–Kier alpha value is -1.67. The Bertz CT molecular complexity index is 396. The molecule has 3 N–H and O–H groups in total. The van der Waals surface area contributed by atoms with Crippen LogP contribution in [0.3, 0.4) is 0 Å². The van der Waals surface area contributed by atoms with Crippen LogP contribution in [0, 0.1) is 0 Å². The number of hydrogen-bond donors (Lipinski definition) is 3. The molecule has 1 aromatic heterocycles. The van der Waals surface area contributed by atoms with Gasteiger partial charge in [-0.3, -0.25) is 4.79 Å². The summed E-state index contributed by atoms with van der Waals surface area (Å²) >= 11 is 0. The number of nitrogens with one attached hydrogen (secondary N) is 3. The minimum atomic E-state index is -0.154. The topological polar surface area (TPSA) is 101 Å². The second-order valence-corrected chi connectivity index (χ2v) is 4.32. The minimum absolute atomic E-state index is 0.00599. The van der Waals surface area contributed by atoms with E-state index in [2.05, 4.69) is 33.1 Å². The first-order chi connectivity index (χ1) is 9.67. The summed E-state index contributed by atoms with van der Waals surface area (Å²) in [7, 11) is 1.58. The molecule has 114 valence electrons. The maximum atomic E-state index is 11.4. The maximum Gasteiger partial charge on any atom is 0.315 e. The van der Waals surface area contributed by atoms with Gasteiger partial charge in [-0.2, -0.15) is 0 Å². The van der Waals surface area contributed by atoms with Crippen molar-refractivity contribution in [1.29, 1.82) is 0 Å². The molecule has 0 saturated carbocycles. The average Bonchev–Trinajstić information content (AvgIpc) is 2.92. The monoisotopic (exact) mass is 285 g/mol. The molecule has 1 amide bonds. The first kappa shape index (κ1) is 16.4. The number of carbonyl (C=O) groups is 1. The van der Waals surface area contributed by atoms with Crippen molar-refractivity contribution in [3.05, 3.63) is 5.89 Å². The lowest BCUT2D eigenvalue weighted by molar-refractivity contribution is -0.119. The van der Waals surface area contributed by atoms with Crippen LogP contribution >= 0.6 is 0 Å². The van der Waals surface area contributed by atoms with Crippen molar-refractivity contribution in [2.75, 3.05) is 38.7 Å². The third kappa shape index (κ3) is 5.98. The van der Waals surface area contributed by atoms with Crippen molar-refractivity contribution in [1.82, 2.24) is 20.8 Å². The molecule has 1 aromatic rings. The average molecular weight is 285 g/mol. The summed E-state index contributed by atoms with van der Waals surface area (Å²) in [6, 6.07) is 0.237. The molecule has 0 saturated heterocycles. The van der Waals surface area contributed by atoms with Crippen LogP contribution in [0.4, 0.5) is 6.01 Å². The van der Waals surface area contributed by atoms with Crippen LogP contribution in [0.5, 0.6) is 0 Å². The van der Waals surface area contributed by atoms with Crippen LogP contribution in [0.15, 0.2) is 4.42 Å². The van der Waals surface area contributed by atoms with Gasteiger partial charge in [0.05, 0.1) is 19.2 Å². The zero-order valence-electron chi connectivity index (χ0n) is 12.2. The molecule has 0 aliphatic heterocycles. The molecule has 1 heterocycles. The van der Waals surface area contributed by atoms with E-state index in [0.717, 1.165) is 13.0 Å². The summed E-state index contributed by atoms with van der Waals surface area (Å²) in [6.45, 7) is 5.96. The Balaban J connectivity index is 2.31. The minimum Gasteiger partial charge on any atom is -0.406 e. The zero-order chi connectivity index (χ0) is 14.8. The molecule has 0 aromatic carbocycles. The molecule has 1 rings (SSSR count). The Morgan fingerprint density at radius 1 is 1.40 bits per heavy atom. The fraction of sp³-hybridized carbons (Fsp3) is 0.750. The molecule has 1 unspecified atom stereocenters. The Kier molecular flexibility index (Phi) is 7.59. The molecule has 0 bridgehead atoms. The molecule has 0 fully saturated rings. The van der Waals surface area contributed by atoms with Gasteiger partial charge in [0.1, 0.15) is 0 Å². The number of methoxy groups -OCH3 is 1. The third-order valence-corrected chi connectivity index (χ3v) is 2.54. The fourth-order valence-electron chi connectivity index (χ4n) is 1.44. The highest BCUT2D eigenvalue weighted by Crippen LogP contribution is 2.13. The van der Waals surface area contributed by atoms with Crippen LogP contribution in [0.2, 0.25) is 0 Å². The van der Waals surface area contributed by atoms with E-state index in [0.29, 0.717) is 19.0 Å². The van der Waals surface area contributed by atoms with E-state index < -0.39 is 0 Å². The van der Waals surface area contributed by atoms with Gasteiger partial charge in [-0.25, -0.2) is 0 Å². The van der Waals surface area contributed by atoms with Crippen LogP contribution in [0.1, 0.15) is 32.2 Å². The molecule has 0 spiro atoms. The highest BCUT2D eigenvalue weighted by atomic mass is 16.5. The van der Waals surface area contributed by atoms with Gasteiger partial charge in [-0.15, -0.1) is 5.10 Å². The van der Waals surface area contributed by atoms with Crippen molar-refractivity contribution in [2.45, 2.75) is 26.3 Å². The predicted molar refractivity (Wildman–Crippen MR) is 74.4 cm³/mol.